The first kappa shape index (κ1) is 20.2. The molecule has 0 unspecified atom stereocenters. The molecule has 1 heterocycles. The van der Waals surface area contributed by atoms with Crippen molar-refractivity contribution in [2.24, 2.45) is 0 Å². The highest BCUT2D eigenvalue weighted by Crippen LogP contribution is 2.32. The Morgan fingerprint density at radius 1 is 0.897 bits per heavy atom. The molecule has 2 aromatic carbocycles. The molecule has 0 spiro atoms. The lowest BCUT2D eigenvalue weighted by Gasteiger charge is -2.23. The van der Waals surface area contributed by atoms with E-state index in [9.17, 15) is 9.59 Å². The lowest BCUT2D eigenvalue weighted by Crippen LogP contribution is -2.26. The molecule has 1 aliphatic heterocycles. The number of anilines is 1. The van der Waals surface area contributed by atoms with Gasteiger partial charge in [-0.05, 0) is 48.6 Å². The lowest BCUT2D eigenvalue weighted by molar-refractivity contribution is -0.139. The Hall–Kier alpha value is -3.51. The summed E-state index contributed by atoms with van der Waals surface area (Å²) >= 11 is 6.12. The zero-order valence-corrected chi connectivity index (χ0v) is 16.6. The van der Waals surface area contributed by atoms with Gasteiger partial charge in [0.25, 0.3) is 0 Å². The Morgan fingerprint density at radius 2 is 1.59 bits per heavy atom. The molecule has 3 rings (SSSR count). The maximum Gasteiger partial charge on any atom is 0.355 e. The van der Waals surface area contributed by atoms with Crippen LogP contribution in [0, 0.1) is 0 Å². The van der Waals surface area contributed by atoms with E-state index in [0.29, 0.717) is 22.2 Å². The molecule has 2 aromatic rings. The van der Waals surface area contributed by atoms with Crippen LogP contribution >= 0.6 is 11.6 Å². The number of carbonyl (C=O) groups is 2. The molecule has 0 N–H and O–H groups in total. The van der Waals surface area contributed by atoms with Gasteiger partial charge in [-0.3, -0.25) is 0 Å². The Labute approximate surface area is 173 Å². The van der Waals surface area contributed by atoms with E-state index in [2.05, 4.69) is 0 Å². The van der Waals surface area contributed by atoms with Crippen LogP contribution in [0.3, 0.4) is 0 Å². The minimum absolute atomic E-state index is 0.0455. The number of para-hydroxylation sites is 1. The average molecular weight is 412 g/mol. The summed E-state index contributed by atoms with van der Waals surface area (Å²) in [6, 6.07) is 14.1. The van der Waals surface area contributed by atoms with E-state index in [1.54, 1.807) is 59.7 Å². The SMILES string of the molecule is COC(=O)C1=C(C(=O)OC)N(c2ccc(Oc3ccccc3Cl)cc2)C=CC=C1. The molecule has 0 fully saturated rings. The van der Waals surface area contributed by atoms with Crippen molar-refractivity contribution in [1.82, 2.24) is 0 Å². The Kier molecular flexibility index (Phi) is 6.36. The first-order chi connectivity index (χ1) is 14.0. The van der Waals surface area contributed by atoms with Crippen molar-refractivity contribution in [3.63, 3.8) is 0 Å². The summed E-state index contributed by atoms with van der Waals surface area (Å²) in [5.74, 6) is -0.216. The number of methoxy groups -OCH3 is 2. The summed E-state index contributed by atoms with van der Waals surface area (Å²) in [6.07, 6.45) is 6.50. The van der Waals surface area contributed by atoms with Crippen LogP contribution in [0.1, 0.15) is 0 Å². The van der Waals surface area contributed by atoms with Gasteiger partial charge in [0.15, 0.2) is 0 Å². The van der Waals surface area contributed by atoms with Crippen LogP contribution in [-0.2, 0) is 19.1 Å². The Morgan fingerprint density at radius 3 is 2.24 bits per heavy atom. The molecule has 148 valence electrons. The molecule has 0 aliphatic carbocycles. The molecule has 0 saturated heterocycles. The second kappa shape index (κ2) is 9.12. The van der Waals surface area contributed by atoms with Gasteiger partial charge < -0.3 is 19.1 Å². The molecule has 0 saturated carbocycles. The zero-order valence-electron chi connectivity index (χ0n) is 15.8. The molecule has 0 amide bonds. The zero-order chi connectivity index (χ0) is 20.8. The average Bonchev–Trinajstić information content (AvgIpc) is 2.98. The number of nitrogens with zero attached hydrogens (tertiary/aromatic N) is 1. The molecule has 7 heteroatoms. The first-order valence-corrected chi connectivity index (χ1v) is 9.00. The van der Waals surface area contributed by atoms with Gasteiger partial charge in [-0.15, -0.1) is 0 Å². The number of hydrogen-bond acceptors (Lipinski definition) is 6. The third kappa shape index (κ3) is 4.50. The highest BCUT2D eigenvalue weighted by molar-refractivity contribution is 6.32. The lowest BCUT2D eigenvalue weighted by atomic mass is 10.1. The van der Waals surface area contributed by atoms with Crippen molar-refractivity contribution in [3.8, 4) is 11.5 Å². The van der Waals surface area contributed by atoms with Crippen LogP contribution in [-0.4, -0.2) is 26.2 Å². The molecule has 0 bridgehead atoms. The smallest absolute Gasteiger partial charge is 0.355 e. The van der Waals surface area contributed by atoms with E-state index in [0.717, 1.165) is 0 Å². The molecule has 0 radical (unpaired) electrons. The summed E-state index contributed by atoms with van der Waals surface area (Å²) in [6.45, 7) is 0. The molecule has 0 aromatic heterocycles. The van der Waals surface area contributed by atoms with Gasteiger partial charge in [0.1, 0.15) is 17.2 Å². The summed E-state index contributed by atoms with van der Waals surface area (Å²) in [7, 11) is 2.50. The van der Waals surface area contributed by atoms with Crippen molar-refractivity contribution in [2.45, 2.75) is 0 Å². The maximum absolute atomic E-state index is 12.4. The molecular formula is C22H18ClNO5. The third-order valence-electron chi connectivity index (χ3n) is 4.07. The number of halogens is 1. The number of benzene rings is 2. The van der Waals surface area contributed by atoms with Crippen molar-refractivity contribution >= 4 is 29.2 Å². The number of hydrogen-bond donors (Lipinski definition) is 0. The van der Waals surface area contributed by atoms with Gasteiger partial charge in [-0.1, -0.05) is 29.8 Å². The maximum atomic E-state index is 12.4. The van der Waals surface area contributed by atoms with E-state index >= 15 is 0 Å². The number of allylic oxidation sites excluding steroid dienone is 2. The second-order valence-corrected chi connectivity index (χ2v) is 6.25. The molecule has 1 aliphatic rings. The van der Waals surface area contributed by atoms with Crippen LogP contribution in [0.2, 0.25) is 5.02 Å². The summed E-state index contributed by atoms with van der Waals surface area (Å²) in [5, 5.41) is 0.497. The topological polar surface area (TPSA) is 65.1 Å². The first-order valence-electron chi connectivity index (χ1n) is 8.62. The summed E-state index contributed by atoms with van der Waals surface area (Å²) in [4.78, 5) is 26.2. The number of carbonyl (C=O) groups excluding carboxylic acids is 2. The number of ether oxygens (including phenoxy) is 3. The Bertz CT molecular complexity index is 1010. The van der Waals surface area contributed by atoms with E-state index in [-0.39, 0.29) is 11.3 Å². The number of rotatable bonds is 5. The van der Waals surface area contributed by atoms with Crippen LogP contribution in [0.4, 0.5) is 5.69 Å². The van der Waals surface area contributed by atoms with Crippen molar-refractivity contribution < 1.29 is 23.8 Å². The predicted octanol–water partition coefficient (Wildman–Crippen LogP) is 4.62. The van der Waals surface area contributed by atoms with Gasteiger partial charge in [0, 0.05) is 11.9 Å². The fraction of sp³-hybridized carbons (Fsp3) is 0.0909. The molecule has 0 atom stereocenters. The van der Waals surface area contributed by atoms with E-state index in [1.165, 1.54) is 20.3 Å². The van der Waals surface area contributed by atoms with Gasteiger partial charge in [-0.25, -0.2) is 9.59 Å². The van der Waals surface area contributed by atoms with Crippen molar-refractivity contribution in [1.29, 1.82) is 0 Å². The van der Waals surface area contributed by atoms with Gasteiger partial charge in [-0.2, -0.15) is 0 Å². The van der Waals surface area contributed by atoms with E-state index < -0.39 is 11.9 Å². The van der Waals surface area contributed by atoms with Crippen molar-refractivity contribution in [2.75, 3.05) is 19.1 Å². The normalized spacial score (nSPS) is 13.1. The highest BCUT2D eigenvalue weighted by atomic mass is 35.5. The van der Waals surface area contributed by atoms with Gasteiger partial charge in [0.2, 0.25) is 0 Å². The second-order valence-electron chi connectivity index (χ2n) is 5.84. The van der Waals surface area contributed by atoms with Gasteiger partial charge >= 0.3 is 11.9 Å². The fourth-order valence-electron chi connectivity index (χ4n) is 2.69. The standard InChI is InChI=1S/C22H18ClNO5/c1-27-21(25)17-7-5-6-14-24(20(17)22(26)28-2)15-10-12-16(13-11-15)29-19-9-4-3-8-18(19)23/h3-14H,1-2H3. The van der Waals surface area contributed by atoms with Crippen LogP contribution < -0.4 is 9.64 Å². The van der Waals surface area contributed by atoms with Crippen LogP contribution in [0.25, 0.3) is 0 Å². The van der Waals surface area contributed by atoms with Gasteiger partial charge in [0.05, 0.1) is 24.8 Å². The third-order valence-corrected chi connectivity index (χ3v) is 4.38. The monoisotopic (exact) mass is 411 g/mol. The molecule has 6 nitrogen and oxygen atoms in total. The van der Waals surface area contributed by atoms with E-state index in [4.69, 9.17) is 25.8 Å². The van der Waals surface area contributed by atoms with Crippen LogP contribution in [0.5, 0.6) is 11.5 Å². The minimum atomic E-state index is -0.669. The molecule has 29 heavy (non-hydrogen) atoms. The van der Waals surface area contributed by atoms with Crippen molar-refractivity contribution in [3.05, 3.63) is 89.3 Å². The predicted molar refractivity (Wildman–Crippen MR) is 110 cm³/mol. The molecular weight excluding hydrogens is 394 g/mol. The van der Waals surface area contributed by atoms with Crippen LogP contribution in [0.15, 0.2) is 84.2 Å². The summed E-state index contributed by atoms with van der Waals surface area (Å²) in [5.41, 5.74) is 0.753. The van der Waals surface area contributed by atoms with E-state index in [1.807, 2.05) is 12.1 Å². The fourth-order valence-corrected chi connectivity index (χ4v) is 2.87. The Balaban J connectivity index is 1.96. The number of esters is 2. The highest BCUT2D eigenvalue weighted by Gasteiger charge is 2.27. The largest absolute Gasteiger partial charge is 0.465 e. The quantitative estimate of drug-likeness (QED) is 0.669. The summed E-state index contributed by atoms with van der Waals surface area (Å²) < 4.78 is 15.5. The minimum Gasteiger partial charge on any atom is -0.465 e.